The first-order chi connectivity index (χ1) is 16.1. The molecule has 2 N–H and O–H groups in total. The number of likely N-dealkylation sites (tertiary alicyclic amines) is 1. The van der Waals surface area contributed by atoms with Crippen LogP contribution in [0.1, 0.15) is 40.2 Å². The standard InChI is InChI=1S/C26H27N5O2/c1-18-9-10-24(33-18)22-17-31(15-19-6-3-2-4-7-19)16-21(22)23-12-25(32)30-26(29-23)28-14-20-8-5-11-27-13-20/h2-13,21-22H,14-17H2,1H3,(H2,28,29,30,32). The average Bonchev–Trinajstić information content (AvgIpc) is 3.45. The highest BCUT2D eigenvalue weighted by Gasteiger charge is 2.38. The Morgan fingerprint density at radius 1 is 1.06 bits per heavy atom. The molecular formula is C26H27N5O2. The number of aromatic amines is 1. The first-order valence-electron chi connectivity index (χ1n) is 11.2. The fourth-order valence-electron chi connectivity index (χ4n) is 4.54. The van der Waals surface area contributed by atoms with Crippen molar-refractivity contribution >= 4 is 5.95 Å². The van der Waals surface area contributed by atoms with Crippen LogP contribution in [0.4, 0.5) is 5.95 Å². The topological polar surface area (TPSA) is 87.0 Å². The van der Waals surface area contributed by atoms with Gasteiger partial charge in [-0.15, -0.1) is 0 Å². The van der Waals surface area contributed by atoms with Crippen molar-refractivity contribution in [3.05, 3.63) is 112 Å². The summed E-state index contributed by atoms with van der Waals surface area (Å²) in [6.45, 7) is 4.99. The van der Waals surface area contributed by atoms with Gasteiger partial charge in [0.2, 0.25) is 5.95 Å². The molecule has 7 nitrogen and oxygen atoms in total. The second-order valence-corrected chi connectivity index (χ2v) is 8.57. The number of pyridine rings is 1. The van der Waals surface area contributed by atoms with Crippen molar-refractivity contribution in [2.75, 3.05) is 18.4 Å². The number of anilines is 1. The zero-order valence-corrected chi connectivity index (χ0v) is 18.6. The lowest BCUT2D eigenvalue weighted by molar-refractivity contribution is 0.319. The Morgan fingerprint density at radius 3 is 2.64 bits per heavy atom. The summed E-state index contributed by atoms with van der Waals surface area (Å²) >= 11 is 0. The van der Waals surface area contributed by atoms with Crippen LogP contribution in [0.25, 0.3) is 0 Å². The van der Waals surface area contributed by atoms with E-state index >= 15 is 0 Å². The number of aromatic nitrogens is 3. The van der Waals surface area contributed by atoms with Gasteiger partial charge in [0.05, 0.1) is 5.69 Å². The van der Waals surface area contributed by atoms with Gasteiger partial charge in [-0.05, 0) is 36.2 Å². The number of nitrogens with zero attached hydrogens (tertiary/aromatic N) is 3. The lowest BCUT2D eigenvalue weighted by Crippen LogP contribution is -2.21. The number of hydrogen-bond acceptors (Lipinski definition) is 6. The van der Waals surface area contributed by atoms with Crippen LogP contribution in [-0.2, 0) is 13.1 Å². The van der Waals surface area contributed by atoms with E-state index in [0.717, 1.165) is 42.4 Å². The second-order valence-electron chi connectivity index (χ2n) is 8.57. The third-order valence-corrected chi connectivity index (χ3v) is 6.10. The van der Waals surface area contributed by atoms with Crippen LogP contribution in [0, 0.1) is 6.92 Å². The van der Waals surface area contributed by atoms with Crippen LogP contribution in [-0.4, -0.2) is 32.9 Å². The van der Waals surface area contributed by atoms with Gasteiger partial charge in [0, 0.05) is 56.5 Å². The normalized spacial score (nSPS) is 18.5. The molecule has 0 saturated carbocycles. The fourth-order valence-corrected chi connectivity index (χ4v) is 4.54. The summed E-state index contributed by atoms with van der Waals surface area (Å²) in [5.41, 5.74) is 2.90. The summed E-state index contributed by atoms with van der Waals surface area (Å²) in [6, 6.07) is 20.0. The van der Waals surface area contributed by atoms with E-state index in [9.17, 15) is 4.79 Å². The zero-order chi connectivity index (χ0) is 22.6. The molecule has 0 radical (unpaired) electrons. The zero-order valence-electron chi connectivity index (χ0n) is 18.6. The molecule has 7 heteroatoms. The number of hydrogen-bond donors (Lipinski definition) is 2. The molecule has 168 valence electrons. The summed E-state index contributed by atoms with van der Waals surface area (Å²) in [5, 5.41) is 3.23. The smallest absolute Gasteiger partial charge is 0.252 e. The summed E-state index contributed by atoms with van der Waals surface area (Å²) in [5.74, 6) is 2.49. The highest BCUT2D eigenvalue weighted by atomic mass is 16.3. The van der Waals surface area contributed by atoms with Crippen molar-refractivity contribution in [1.82, 2.24) is 19.9 Å². The van der Waals surface area contributed by atoms with Crippen LogP contribution in [0.15, 0.2) is 82.3 Å². The molecule has 1 fully saturated rings. The van der Waals surface area contributed by atoms with Crippen molar-refractivity contribution in [2.24, 2.45) is 0 Å². The Bertz CT molecular complexity index is 1250. The van der Waals surface area contributed by atoms with Crippen molar-refractivity contribution in [3.8, 4) is 0 Å². The van der Waals surface area contributed by atoms with Gasteiger partial charge in [-0.1, -0.05) is 36.4 Å². The van der Waals surface area contributed by atoms with E-state index in [0.29, 0.717) is 12.5 Å². The van der Waals surface area contributed by atoms with Crippen LogP contribution in [0.5, 0.6) is 0 Å². The summed E-state index contributed by atoms with van der Waals surface area (Å²) in [7, 11) is 0. The Balaban J connectivity index is 1.41. The minimum absolute atomic E-state index is 0.0560. The minimum Gasteiger partial charge on any atom is -0.466 e. The largest absolute Gasteiger partial charge is 0.466 e. The van der Waals surface area contributed by atoms with Gasteiger partial charge in [0.1, 0.15) is 11.5 Å². The van der Waals surface area contributed by atoms with Crippen LogP contribution in [0.2, 0.25) is 0 Å². The van der Waals surface area contributed by atoms with Crippen LogP contribution < -0.4 is 10.9 Å². The van der Waals surface area contributed by atoms with Gasteiger partial charge in [0.15, 0.2) is 0 Å². The summed E-state index contributed by atoms with van der Waals surface area (Å²) in [6.07, 6.45) is 3.53. The third-order valence-electron chi connectivity index (χ3n) is 6.10. The van der Waals surface area contributed by atoms with E-state index < -0.39 is 0 Å². The number of benzene rings is 1. The Kier molecular flexibility index (Phi) is 6.04. The molecule has 4 aromatic rings. The van der Waals surface area contributed by atoms with Gasteiger partial charge < -0.3 is 9.73 Å². The predicted octanol–water partition coefficient (Wildman–Crippen LogP) is 4.06. The SMILES string of the molecule is Cc1ccc(C2CN(Cc3ccccc3)CC2c2cc(=O)[nH]c(NCc3cccnc3)n2)o1. The van der Waals surface area contributed by atoms with Crippen molar-refractivity contribution < 1.29 is 4.42 Å². The number of H-pyrrole nitrogens is 1. The fraction of sp³-hybridized carbons (Fsp3) is 0.269. The van der Waals surface area contributed by atoms with E-state index in [1.807, 2.05) is 37.3 Å². The molecule has 5 rings (SSSR count). The Morgan fingerprint density at radius 2 is 1.88 bits per heavy atom. The maximum Gasteiger partial charge on any atom is 0.252 e. The molecule has 4 heterocycles. The number of aryl methyl sites for hydroxylation is 1. The molecule has 0 bridgehead atoms. The predicted molar refractivity (Wildman–Crippen MR) is 127 cm³/mol. The highest BCUT2D eigenvalue weighted by molar-refractivity contribution is 5.31. The molecular weight excluding hydrogens is 414 g/mol. The molecule has 2 unspecified atom stereocenters. The Labute approximate surface area is 192 Å². The van der Waals surface area contributed by atoms with E-state index in [-0.39, 0.29) is 17.4 Å². The highest BCUT2D eigenvalue weighted by Crippen LogP contribution is 2.40. The Hall–Kier alpha value is -3.71. The van der Waals surface area contributed by atoms with Gasteiger partial charge >= 0.3 is 0 Å². The van der Waals surface area contributed by atoms with Gasteiger partial charge in [0.25, 0.3) is 5.56 Å². The monoisotopic (exact) mass is 441 g/mol. The number of rotatable bonds is 7. The molecule has 2 atom stereocenters. The van der Waals surface area contributed by atoms with E-state index in [1.54, 1.807) is 18.5 Å². The van der Waals surface area contributed by atoms with E-state index in [4.69, 9.17) is 9.40 Å². The van der Waals surface area contributed by atoms with Gasteiger partial charge in [-0.25, -0.2) is 4.98 Å². The molecule has 1 aliphatic heterocycles. The lowest BCUT2D eigenvalue weighted by atomic mass is 9.90. The maximum atomic E-state index is 12.5. The molecule has 0 spiro atoms. The quantitative estimate of drug-likeness (QED) is 0.450. The molecule has 1 aromatic carbocycles. The minimum atomic E-state index is -0.162. The second kappa shape index (κ2) is 9.42. The van der Waals surface area contributed by atoms with Gasteiger partial charge in [-0.2, -0.15) is 0 Å². The van der Waals surface area contributed by atoms with Crippen molar-refractivity contribution in [3.63, 3.8) is 0 Å². The average molecular weight is 442 g/mol. The molecule has 3 aromatic heterocycles. The third kappa shape index (κ3) is 5.04. The van der Waals surface area contributed by atoms with E-state index in [2.05, 4.69) is 44.5 Å². The molecule has 1 saturated heterocycles. The molecule has 0 aliphatic carbocycles. The molecule has 1 aliphatic rings. The number of nitrogens with one attached hydrogen (secondary N) is 2. The summed E-state index contributed by atoms with van der Waals surface area (Å²) in [4.78, 5) is 26.7. The van der Waals surface area contributed by atoms with Crippen molar-refractivity contribution in [2.45, 2.75) is 31.8 Å². The molecule has 0 amide bonds. The van der Waals surface area contributed by atoms with Crippen LogP contribution in [0.3, 0.4) is 0 Å². The lowest BCUT2D eigenvalue weighted by Gasteiger charge is -2.17. The van der Waals surface area contributed by atoms with Crippen molar-refractivity contribution in [1.29, 1.82) is 0 Å². The first kappa shape index (κ1) is 21.2. The maximum absolute atomic E-state index is 12.5. The molecule has 33 heavy (non-hydrogen) atoms. The number of furan rings is 1. The van der Waals surface area contributed by atoms with E-state index in [1.165, 1.54) is 5.56 Å². The van der Waals surface area contributed by atoms with Crippen LogP contribution >= 0.6 is 0 Å². The van der Waals surface area contributed by atoms with Gasteiger partial charge in [-0.3, -0.25) is 19.7 Å². The first-order valence-corrected chi connectivity index (χ1v) is 11.2. The summed E-state index contributed by atoms with van der Waals surface area (Å²) < 4.78 is 6.02.